The highest BCUT2D eigenvalue weighted by Crippen LogP contribution is 2.44. The molecule has 0 radical (unpaired) electrons. The fourth-order valence-corrected chi connectivity index (χ4v) is 5.67. The summed E-state index contributed by atoms with van der Waals surface area (Å²) in [5.74, 6) is -1.20. The highest BCUT2D eigenvalue weighted by atomic mass is 32.2. The van der Waals surface area contributed by atoms with Gasteiger partial charge in [0.25, 0.3) is 10.0 Å². The molecule has 0 saturated carbocycles. The number of amides is 1. The molecule has 5 N–H and O–H groups in total. The van der Waals surface area contributed by atoms with E-state index in [2.05, 4.69) is 15.0 Å². The number of guanidine groups is 1. The second-order valence-electron chi connectivity index (χ2n) is 9.74. The molecule has 3 aromatic rings. The molecule has 0 fully saturated rings. The third-order valence-corrected chi connectivity index (χ3v) is 8.13. The van der Waals surface area contributed by atoms with Gasteiger partial charge < -0.3 is 25.6 Å². The minimum Gasteiger partial charge on any atom is -0.462 e. The number of aliphatic hydroxyl groups is 1. The summed E-state index contributed by atoms with van der Waals surface area (Å²) in [4.78, 5) is 29.4. The molecule has 0 unspecified atom stereocenters. The molecule has 12 heteroatoms. The Kier molecular flexibility index (Phi) is 10.2. The van der Waals surface area contributed by atoms with Gasteiger partial charge in [-0.1, -0.05) is 66.2 Å². The van der Waals surface area contributed by atoms with E-state index in [0.29, 0.717) is 0 Å². The molecule has 1 aliphatic rings. The molecule has 1 aliphatic carbocycles. The fraction of sp³-hybridized carbons (Fsp3) is 0.300. The molecule has 0 spiro atoms. The maximum Gasteiger partial charge on any atom is 0.407 e. The number of rotatable bonds is 12. The first-order valence-corrected chi connectivity index (χ1v) is 15.0. The fourth-order valence-electron chi connectivity index (χ4n) is 4.72. The van der Waals surface area contributed by atoms with Gasteiger partial charge in [-0.05, 0) is 54.2 Å². The second-order valence-corrected chi connectivity index (χ2v) is 11.4. The van der Waals surface area contributed by atoms with Crippen molar-refractivity contribution < 1.29 is 32.6 Å². The molecule has 0 aliphatic heterocycles. The van der Waals surface area contributed by atoms with Crippen LogP contribution in [0.4, 0.5) is 4.79 Å². The van der Waals surface area contributed by atoms with Crippen molar-refractivity contribution in [3.8, 4) is 11.1 Å². The monoisotopic (exact) mass is 594 g/mol. The number of nitrogens with one attached hydrogen (secondary N) is 2. The summed E-state index contributed by atoms with van der Waals surface area (Å²) in [6, 6.07) is 21.1. The van der Waals surface area contributed by atoms with E-state index >= 15 is 0 Å². The number of carbonyl (C=O) groups excluding carboxylic acids is 2. The highest BCUT2D eigenvalue weighted by molar-refractivity contribution is 7.90. The number of benzene rings is 3. The van der Waals surface area contributed by atoms with Crippen molar-refractivity contribution in [2.75, 3.05) is 26.4 Å². The van der Waals surface area contributed by atoms with Crippen LogP contribution in [0.1, 0.15) is 35.4 Å². The van der Waals surface area contributed by atoms with E-state index in [0.717, 1.165) is 27.8 Å². The van der Waals surface area contributed by atoms with Crippen molar-refractivity contribution in [3.05, 3.63) is 89.5 Å². The molecule has 0 bridgehead atoms. The van der Waals surface area contributed by atoms with Crippen molar-refractivity contribution in [2.24, 2.45) is 10.7 Å². The Hall–Kier alpha value is -4.42. The van der Waals surface area contributed by atoms with Gasteiger partial charge in [-0.3, -0.25) is 4.99 Å². The Balaban J connectivity index is 1.32. The van der Waals surface area contributed by atoms with E-state index in [-0.39, 0.29) is 56.0 Å². The van der Waals surface area contributed by atoms with Crippen LogP contribution in [0.25, 0.3) is 11.1 Å². The van der Waals surface area contributed by atoms with Gasteiger partial charge in [0.05, 0.1) is 11.5 Å². The number of hydrogen-bond acceptors (Lipinski definition) is 8. The zero-order valence-corrected chi connectivity index (χ0v) is 24.0. The summed E-state index contributed by atoms with van der Waals surface area (Å²) in [6.07, 6.45) is -0.428. The molecular weight excluding hydrogens is 560 g/mol. The SMILES string of the molecule is Cc1ccc(S(=O)(=O)NC(N)=NCCC[C@H](NC(=O)OCC2c3ccccc3-c3ccccc32)C(=O)OCCO)cc1. The minimum atomic E-state index is -3.90. The van der Waals surface area contributed by atoms with Gasteiger partial charge in [-0.2, -0.15) is 0 Å². The maximum atomic E-state index is 12.8. The van der Waals surface area contributed by atoms with Crippen molar-refractivity contribution >= 4 is 28.0 Å². The standard InChI is InChI=1S/C30H34N4O7S/c1-20-12-14-21(15-13-20)42(38,39)34-29(31)32-16-6-11-27(28(36)40-18-17-35)33-30(37)41-19-26-24-9-4-2-7-22(24)23-8-3-5-10-25(23)26/h2-5,7-10,12-15,26-27,35H,6,11,16-19H2,1H3,(H,33,37)(H3,31,32,34)/t27-/m0/s1. The van der Waals surface area contributed by atoms with Crippen molar-refractivity contribution in [2.45, 2.75) is 36.6 Å². The Labute approximate surface area is 244 Å². The van der Waals surface area contributed by atoms with Gasteiger partial charge in [-0.15, -0.1) is 0 Å². The number of fused-ring (bicyclic) bond motifs is 3. The first-order valence-electron chi connectivity index (χ1n) is 13.5. The molecule has 1 atom stereocenters. The number of ether oxygens (including phenoxy) is 2. The summed E-state index contributed by atoms with van der Waals surface area (Å²) >= 11 is 0. The lowest BCUT2D eigenvalue weighted by Crippen LogP contribution is -2.43. The summed E-state index contributed by atoms with van der Waals surface area (Å²) in [6.45, 7) is 1.38. The van der Waals surface area contributed by atoms with E-state index in [9.17, 15) is 18.0 Å². The predicted molar refractivity (Wildman–Crippen MR) is 157 cm³/mol. The van der Waals surface area contributed by atoms with Crippen LogP contribution in [-0.4, -0.2) is 64.0 Å². The Morgan fingerprint density at radius 2 is 1.60 bits per heavy atom. The third kappa shape index (κ3) is 7.65. The lowest BCUT2D eigenvalue weighted by molar-refractivity contribution is -0.147. The largest absolute Gasteiger partial charge is 0.462 e. The number of sulfonamides is 1. The first-order chi connectivity index (χ1) is 20.2. The van der Waals surface area contributed by atoms with Gasteiger partial charge in [0.2, 0.25) is 5.96 Å². The second kappa shape index (κ2) is 14.0. The Morgan fingerprint density at radius 1 is 0.976 bits per heavy atom. The number of aliphatic hydroxyl groups excluding tert-OH is 1. The molecule has 222 valence electrons. The molecule has 4 rings (SSSR count). The van der Waals surface area contributed by atoms with Gasteiger partial charge in [0, 0.05) is 12.5 Å². The van der Waals surface area contributed by atoms with E-state index in [4.69, 9.17) is 20.3 Å². The van der Waals surface area contributed by atoms with Crippen LogP contribution in [0.15, 0.2) is 82.7 Å². The van der Waals surface area contributed by atoms with Crippen molar-refractivity contribution in [1.29, 1.82) is 0 Å². The van der Waals surface area contributed by atoms with Gasteiger partial charge >= 0.3 is 12.1 Å². The van der Waals surface area contributed by atoms with E-state index in [1.165, 1.54) is 12.1 Å². The highest BCUT2D eigenvalue weighted by Gasteiger charge is 2.30. The van der Waals surface area contributed by atoms with Gasteiger partial charge in [-0.25, -0.2) is 22.7 Å². The Bertz CT molecular complexity index is 1500. The summed E-state index contributed by atoms with van der Waals surface area (Å²) < 4.78 is 37.7. The normalized spacial score (nSPS) is 13.5. The van der Waals surface area contributed by atoms with Crippen molar-refractivity contribution in [3.63, 3.8) is 0 Å². The van der Waals surface area contributed by atoms with Crippen molar-refractivity contribution in [1.82, 2.24) is 10.0 Å². The summed E-state index contributed by atoms with van der Waals surface area (Å²) in [7, 11) is -3.90. The smallest absolute Gasteiger partial charge is 0.407 e. The van der Waals surface area contributed by atoms with Crippen LogP contribution in [0.5, 0.6) is 0 Å². The lowest BCUT2D eigenvalue weighted by Gasteiger charge is -2.19. The third-order valence-electron chi connectivity index (χ3n) is 6.76. The van der Waals surface area contributed by atoms with Crippen LogP contribution in [-0.2, 0) is 24.3 Å². The molecule has 42 heavy (non-hydrogen) atoms. The topological polar surface area (TPSA) is 169 Å². The first kappa shape index (κ1) is 30.5. The number of nitrogens with two attached hydrogens (primary N) is 1. The molecule has 0 saturated heterocycles. The van der Waals surface area contributed by atoms with Gasteiger partial charge in [0.1, 0.15) is 19.3 Å². The number of aryl methyl sites for hydroxylation is 1. The van der Waals surface area contributed by atoms with Crippen LogP contribution in [0.2, 0.25) is 0 Å². The zero-order chi connectivity index (χ0) is 30.1. The number of esters is 1. The lowest BCUT2D eigenvalue weighted by atomic mass is 9.98. The zero-order valence-electron chi connectivity index (χ0n) is 23.2. The molecule has 1 amide bonds. The van der Waals surface area contributed by atoms with Crippen LogP contribution in [0.3, 0.4) is 0 Å². The molecule has 0 heterocycles. The van der Waals surface area contributed by atoms with Crippen LogP contribution >= 0.6 is 0 Å². The predicted octanol–water partition coefficient (Wildman–Crippen LogP) is 2.81. The average molecular weight is 595 g/mol. The van der Waals surface area contributed by atoms with E-state index in [1.807, 2.05) is 55.5 Å². The minimum absolute atomic E-state index is 0.0465. The number of hydrogen-bond donors (Lipinski definition) is 4. The summed E-state index contributed by atoms with van der Waals surface area (Å²) in [5.41, 5.74) is 11.0. The molecule has 3 aromatic carbocycles. The number of carbonyl (C=O) groups is 2. The van der Waals surface area contributed by atoms with Crippen LogP contribution < -0.4 is 15.8 Å². The number of alkyl carbamates (subject to hydrolysis) is 1. The van der Waals surface area contributed by atoms with Gasteiger partial charge in [0.15, 0.2) is 0 Å². The molecule has 11 nitrogen and oxygen atoms in total. The summed E-state index contributed by atoms with van der Waals surface area (Å²) in [5, 5.41) is 11.6. The molecule has 0 aromatic heterocycles. The van der Waals surface area contributed by atoms with E-state index < -0.39 is 28.1 Å². The number of aliphatic imine (C=N–C) groups is 1. The Morgan fingerprint density at radius 3 is 2.21 bits per heavy atom. The maximum absolute atomic E-state index is 12.8. The number of nitrogens with zero attached hydrogens (tertiary/aromatic N) is 1. The van der Waals surface area contributed by atoms with Crippen LogP contribution in [0, 0.1) is 6.92 Å². The molecular formula is C30H34N4O7S. The quantitative estimate of drug-likeness (QED) is 0.107. The average Bonchev–Trinajstić information content (AvgIpc) is 3.30. The van der Waals surface area contributed by atoms with E-state index in [1.54, 1.807) is 12.1 Å².